The Hall–Kier alpha value is -0.120. The Bertz CT molecular complexity index is 214. The zero-order valence-corrected chi connectivity index (χ0v) is 11.4. The van der Waals surface area contributed by atoms with E-state index >= 15 is 0 Å². The van der Waals surface area contributed by atoms with Crippen molar-refractivity contribution >= 4 is 0 Å². The van der Waals surface area contributed by atoms with E-state index in [1.54, 1.807) is 0 Å². The summed E-state index contributed by atoms with van der Waals surface area (Å²) in [5, 5.41) is 0. The lowest BCUT2D eigenvalue weighted by Gasteiger charge is -2.25. The highest BCUT2D eigenvalue weighted by molar-refractivity contribution is 4.86. The van der Waals surface area contributed by atoms with Crippen LogP contribution in [-0.4, -0.2) is 55.1 Å². The average molecular weight is 239 g/mol. The number of rotatable bonds is 6. The molecule has 2 saturated heterocycles. The molecule has 100 valence electrons. The molecule has 0 aliphatic carbocycles. The molecule has 0 amide bonds. The van der Waals surface area contributed by atoms with Crippen LogP contribution in [0.3, 0.4) is 0 Å². The van der Waals surface area contributed by atoms with Crippen LogP contribution in [0.4, 0.5) is 0 Å². The molecule has 0 radical (unpaired) electrons. The highest BCUT2D eigenvalue weighted by atomic mass is 15.3. The van der Waals surface area contributed by atoms with Crippen molar-refractivity contribution in [2.75, 3.05) is 39.3 Å². The number of hydrogen-bond acceptors (Lipinski definition) is 3. The minimum Gasteiger partial charge on any atom is -0.330 e. The monoisotopic (exact) mass is 239 g/mol. The van der Waals surface area contributed by atoms with Crippen LogP contribution in [0.5, 0.6) is 0 Å². The molecular formula is C14H29N3. The van der Waals surface area contributed by atoms with Crippen molar-refractivity contribution in [3.05, 3.63) is 0 Å². The van der Waals surface area contributed by atoms with Crippen molar-refractivity contribution in [1.82, 2.24) is 9.80 Å². The predicted octanol–water partition coefficient (Wildman–Crippen LogP) is 1.53. The van der Waals surface area contributed by atoms with E-state index in [9.17, 15) is 0 Å². The third kappa shape index (κ3) is 3.67. The summed E-state index contributed by atoms with van der Waals surface area (Å²) in [6, 6.07) is 0.845. The van der Waals surface area contributed by atoms with Gasteiger partial charge in [-0.1, -0.05) is 13.3 Å². The fraction of sp³-hybridized carbons (Fsp3) is 1.00. The van der Waals surface area contributed by atoms with Gasteiger partial charge in [0, 0.05) is 19.1 Å². The lowest BCUT2D eigenvalue weighted by atomic mass is 10.0. The van der Waals surface area contributed by atoms with E-state index in [1.165, 1.54) is 64.8 Å². The van der Waals surface area contributed by atoms with E-state index in [1.807, 2.05) is 0 Å². The Morgan fingerprint density at radius 2 is 2.00 bits per heavy atom. The quantitative estimate of drug-likeness (QED) is 0.763. The van der Waals surface area contributed by atoms with Crippen LogP contribution in [0.1, 0.15) is 39.0 Å². The summed E-state index contributed by atoms with van der Waals surface area (Å²) in [5.74, 6) is 0.720. The van der Waals surface area contributed by atoms with Gasteiger partial charge in [-0.3, -0.25) is 4.90 Å². The lowest BCUT2D eigenvalue weighted by molar-refractivity contribution is 0.216. The van der Waals surface area contributed by atoms with E-state index in [4.69, 9.17) is 5.73 Å². The van der Waals surface area contributed by atoms with Crippen LogP contribution in [0.2, 0.25) is 0 Å². The van der Waals surface area contributed by atoms with Gasteiger partial charge < -0.3 is 10.6 Å². The fourth-order valence-corrected chi connectivity index (χ4v) is 3.44. The first-order chi connectivity index (χ1) is 8.33. The molecule has 0 aromatic heterocycles. The molecule has 17 heavy (non-hydrogen) atoms. The second-order valence-electron chi connectivity index (χ2n) is 5.84. The lowest BCUT2D eigenvalue weighted by Crippen LogP contribution is -2.37. The first-order valence-corrected chi connectivity index (χ1v) is 7.50. The minimum absolute atomic E-state index is 0.720. The SMILES string of the molecule is CCCC(CN)CN1CCC(N2CCCC2)C1. The first kappa shape index (κ1) is 13.3. The number of nitrogens with two attached hydrogens (primary N) is 1. The molecule has 0 saturated carbocycles. The fourth-order valence-electron chi connectivity index (χ4n) is 3.44. The maximum atomic E-state index is 5.86. The first-order valence-electron chi connectivity index (χ1n) is 7.50. The van der Waals surface area contributed by atoms with Gasteiger partial charge in [0.2, 0.25) is 0 Å². The minimum atomic E-state index is 0.720. The van der Waals surface area contributed by atoms with Crippen molar-refractivity contribution < 1.29 is 0 Å². The summed E-state index contributed by atoms with van der Waals surface area (Å²) >= 11 is 0. The Morgan fingerprint density at radius 1 is 1.24 bits per heavy atom. The second kappa shape index (κ2) is 6.72. The highest BCUT2D eigenvalue weighted by Gasteiger charge is 2.29. The van der Waals surface area contributed by atoms with Crippen LogP contribution in [0, 0.1) is 5.92 Å². The molecule has 2 N–H and O–H groups in total. The van der Waals surface area contributed by atoms with Gasteiger partial charge in [-0.25, -0.2) is 0 Å². The Labute approximate surface area is 106 Å². The molecule has 0 spiro atoms. The molecule has 2 fully saturated rings. The average Bonchev–Trinajstić information content (AvgIpc) is 2.98. The molecule has 2 rings (SSSR count). The molecule has 0 aromatic carbocycles. The molecule has 2 aliphatic rings. The van der Waals surface area contributed by atoms with Gasteiger partial charge in [0.05, 0.1) is 0 Å². The van der Waals surface area contributed by atoms with Crippen molar-refractivity contribution in [1.29, 1.82) is 0 Å². The predicted molar refractivity (Wildman–Crippen MR) is 73.1 cm³/mol. The van der Waals surface area contributed by atoms with E-state index in [-0.39, 0.29) is 0 Å². The van der Waals surface area contributed by atoms with Gasteiger partial charge in [0.25, 0.3) is 0 Å². The van der Waals surface area contributed by atoms with Gasteiger partial charge in [-0.05, 0) is 57.8 Å². The summed E-state index contributed by atoms with van der Waals surface area (Å²) in [4.78, 5) is 5.35. The van der Waals surface area contributed by atoms with Crippen LogP contribution in [-0.2, 0) is 0 Å². The molecular weight excluding hydrogens is 210 g/mol. The molecule has 2 atom stereocenters. The van der Waals surface area contributed by atoms with E-state index in [0.717, 1.165) is 18.5 Å². The Balaban J connectivity index is 1.73. The summed E-state index contributed by atoms with van der Waals surface area (Å²) in [7, 11) is 0. The molecule has 0 bridgehead atoms. The molecule has 2 unspecified atom stereocenters. The van der Waals surface area contributed by atoms with Gasteiger partial charge in [-0.2, -0.15) is 0 Å². The summed E-state index contributed by atoms with van der Waals surface area (Å²) in [5.41, 5.74) is 5.86. The van der Waals surface area contributed by atoms with Crippen LogP contribution < -0.4 is 5.73 Å². The third-order valence-corrected chi connectivity index (χ3v) is 4.45. The van der Waals surface area contributed by atoms with Crippen molar-refractivity contribution in [3.8, 4) is 0 Å². The van der Waals surface area contributed by atoms with Crippen LogP contribution in [0.25, 0.3) is 0 Å². The van der Waals surface area contributed by atoms with Gasteiger partial charge in [-0.15, -0.1) is 0 Å². The molecule has 3 nitrogen and oxygen atoms in total. The third-order valence-electron chi connectivity index (χ3n) is 4.45. The topological polar surface area (TPSA) is 32.5 Å². The van der Waals surface area contributed by atoms with Gasteiger partial charge in [0.15, 0.2) is 0 Å². The van der Waals surface area contributed by atoms with Crippen molar-refractivity contribution in [2.45, 2.75) is 45.1 Å². The maximum Gasteiger partial charge on any atom is 0.0235 e. The van der Waals surface area contributed by atoms with Crippen molar-refractivity contribution in [2.24, 2.45) is 11.7 Å². The number of nitrogens with zero attached hydrogens (tertiary/aromatic N) is 2. The van der Waals surface area contributed by atoms with Crippen molar-refractivity contribution in [3.63, 3.8) is 0 Å². The molecule has 3 heteroatoms. The Kier molecular flexibility index (Phi) is 5.26. The molecule has 0 aromatic rings. The highest BCUT2D eigenvalue weighted by Crippen LogP contribution is 2.21. The standard InChI is InChI=1S/C14H29N3/c1-2-5-13(10-15)11-16-9-6-14(12-16)17-7-3-4-8-17/h13-14H,2-12,15H2,1H3. The van der Waals surface area contributed by atoms with E-state index in [0.29, 0.717) is 0 Å². The largest absolute Gasteiger partial charge is 0.330 e. The molecule has 2 aliphatic heterocycles. The summed E-state index contributed by atoms with van der Waals surface area (Å²) in [6.45, 7) is 9.62. The van der Waals surface area contributed by atoms with Gasteiger partial charge >= 0.3 is 0 Å². The zero-order chi connectivity index (χ0) is 12.1. The summed E-state index contributed by atoms with van der Waals surface area (Å²) < 4.78 is 0. The smallest absolute Gasteiger partial charge is 0.0235 e. The van der Waals surface area contributed by atoms with Crippen LogP contribution in [0.15, 0.2) is 0 Å². The zero-order valence-electron chi connectivity index (χ0n) is 11.4. The number of hydrogen-bond donors (Lipinski definition) is 1. The van der Waals surface area contributed by atoms with Crippen LogP contribution >= 0.6 is 0 Å². The second-order valence-corrected chi connectivity index (χ2v) is 5.84. The van der Waals surface area contributed by atoms with Gasteiger partial charge in [0.1, 0.15) is 0 Å². The van der Waals surface area contributed by atoms with E-state index in [2.05, 4.69) is 16.7 Å². The maximum absolute atomic E-state index is 5.86. The Morgan fingerprint density at radius 3 is 2.65 bits per heavy atom. The number of likely N-dealkylation sites (tertiary alicyclic amines) is 2. The van der Waals surface area contributed by atoms with E-state index < -0.39 is 0 Å². The normalized spacial score (nSPS) is 28.9. The molecule has 2 heterocycles. The summed E-state index contributed by atoms with van der Waals surface area (Å²) in [6.07, 6.45) is 6.77.